The third-order valence-corrected chi connectivity index (χ3v) is 4.66. The number of aliphatic hydroxyl groups excluding tert-OH is 1. The minimum absolute atomic E-state index is 0.0628. The van der Waals surface area contributed by atoms with Crippen LogP contribution in [0, 0.1) is 6.92 Å². The van der Waals surface area contributed by atoms with Gasteiger partial charge in [-0.15, -0.1) is 0 Å². The summed E-state index contributed by atoms with van der Waals surface area (Å²) in [6, 6.07) is 4.02. The standard InChI is InChI=1S/C13H15BrO2/c1-8-5-12-9(6-10(8)14)11(15)7-13(16-12)3-2-4-13/h5-6,11,15H,2-4,7H2,1H3. The molecule has 1 aromatic rings. The van der Waals surface area contributed by atoms with E-state index in [1.54, 1.807) is 0 Å². The molecule has 16 heavy (non-hydrogen) atoms. The fourth-order valence-electron chi connectivity index (χ4n) is 2.63. The molecule has 0 radical (unpaired) electrons. The van der Waals surface area contributed by atoms with Crippen LogP contribution < -0.4 is 4.74 Å². The molecule has 0 saturated heterocycles. The van der Waals surface area contributed by atoms with Crippen molar-refractivity contribution in [2.24, 2.45) is 0 Å². The zero-order valence-corrected chi connectivity index (χ0v) is 10.9. The van der Waals surface area contributed by atoms with Crippen LogP contribution in [0.1, 0.15) is 42.9 Å². The topological polar surface area (TPSA) is 29.5 Å². The molecule has 0 amide bonds. The van der Waals surface area contributed by atoms with Gasteiger partial charge in [-0.2, -0.15) is 0 Å². The fourth-order valence-corrected chi connectivity index (χ4v) is 2.99. The summed E-state index contributed by atoms with van der Waals surface area (Å²) in [4.78, 5) is 0. The molecule has 2 nitrogen and oxygen atoms in total. The number of ether oxygens (including phenoxy) is 1. The number of fused-ring (bicyclic) bond motifs is 1. The molecule has 1 N–H and O–H groups in total. The van der Waals surface area contributed by atoms with Gasteiger partial charge in [0.1, 0.15) is 11.4 Å². The molecule has 1 heterocycles. The summed E-state index contributed by atoms with van der Waals surface area (Å²) in [5.74, 6) is 0.874. The van der Waals surface area contributed by atoms with Crippen LogP contribution in [-0.2, 0) is 0 Å². The maximum atomic E-state index is 10.2. The highest BCUT2D eigenvalue weighted by atomic mass is 79.9. The molecule has 3 rings (SSSR count). The maximum Gasteiger partial charge on any atom is 0.126 e. The SMILES string of the molecule is Cc1cc2c(cc1Br)C(O)CC1(CCC1)O2. The molecule has 1 saturated carbocycles. The van der Waals surface area contributed by atoms with Gasteiger partial charge in [0.05, 0.1) is 6.10 Å². The number of hydrogen-bond donors (Lipinski definition) is 1. The van der Waals surface area contributed by atoms with Crippen LogP contribution in [0.15, 0.2) is 16.6 Å². The summed E-state index contributed by atoms with van der Waals surface area (Å²) in [5.41, 5.74) is 2.02. The zero-order valence-electron chi connectivity index (χ0n) is 9.29. The molecule has 0 aromatic heterocycles. The van der Waals surface area contributed by atoms with E-state index in [0.717, 1.165) is 40.6 Å². The number of aliphatic hydroxyl groups is 1. The van der Waals surface area contributed by atoms with Crippen molar-refractivity contribution in [2.45, 2.75) is 44.3 Å². The lowest BCUT2D eigenvalue weighted by atomic mass is 9.73. The Kier molecular flexibility index (Phi) is 2.30. The van der Waals surface area contributed by atoms with E-state index in [2.05, 4.69) is 15.9 Å². The lowest BCUT2D eigenvalue weighted by Gasteiger charge is -2.46. The van der Waals surface area contributed by atoms with Gasteiger partial charge >= 0.3 is 0 Å². The molecule has 1 fully saturated rings. The van der Waals surface area contributed by atoms with E-state index in [1.165, 1.54) is 6.42 Å². The van der Waals surface area contributed by atoms with Crippen LogP contribution in [0.2, 0.25) is 0 Å². The summed E-state index contributed by atoms with van der Waals surface area (Å²) >= 11 is 3.49. The van der Waals surface area contributed by atoms with Crippen molar-refractivity contribution < 1.29 is 9.84 Å². The maximum absolute atomic E-state index is 10.2. The van der Waals surface area contributed by atoms with Gasteiger partial charge in [-0.05, 0) is 43.9 Å². The van der Waals surface area contributed by atoms with Gasteiger partial charge in [-0.3, -0.25) is 0 Å². The average Bonchev–Trinajstić information content (AvgIpc) is 2.18. The lowest BCUT2D eigenvalue weighted by molar-refractivity contribution is -0.0664. The fraction of sp³-hybridized carbons (Fsp3) is 0.538. The molecule has 1 spiro atoms. The van der Waals surface area contributed by atoms with Crippen molar-refractivity contribution in [3.8, 4) is 5.75 Å². The van der Waals surface area contributed by atoms with Crippen LogP contribution in [0.25, 0.3) is 0 Å². The van der Waals surface area contributed by atoms with Crippen LogP contribution in [0.5, 0.6) is 5.75 Å². The lowest BCUT2D eigenvalue weighted by Crippen LogP contribution is -2.46. The average molecular weight is 283 g/mol. The second-order valence-corrected chi connectivity index (χ2v) is 5.85. The summed E-state index contributed by atoms with van der Waals surface area (Å²) < 4.78 is 7.12. The van der Waals surface area contributed by atoms with E-state index in [0.29, 0.717) is 0 Å². The highest BCUT2D eigenvalue weighted by molar-refractivity contribution is 9.10. The van der Waals surface area contributed by atoms with Gasteiger partial charge in [0, 0.05) is 16.5 Å². The Labute approximate surface area is 104 Å². The third kappa shape index (κ3) is 1.49. The van der Waals surface area contributed by atoms with Gasteiger partial charge < -0.3 is 9.84 Å². The summed E-state index contributed by atoms with van der Waals surface area (Å²) in [6.45, 7) is 2.04. The molecule has 86 valence electrons. The van der Waals surface area contributed by atoms with Gasteiger partial charge in [0.2, 0.25) is 0 Å². The zero-order chi connectivity index (χ0) is 11.3. The number of rotatable bonds is 0. The van der Waals surface area contributed by atoms with Gasteiger partial charge in [0.25, 0.3) is 0 Å². The van der Waals surface area contributed by atoms with Gasteiger partial charge in [-0.25, -0.2) is 0 Å². The van der Waals surface area contributed by atoms with Crippen LogP contribution in [0.3, 0.4) is 0 Å². The molecule has 2 aliphatic rings. The molecule has 1 aliphatic heterocycles. The monoisotopic (exact) mass is 282 g/mol. The minimum atomic E-state index is -0.374. The van der Waals surface area contributed by atoms with E-state index in [4.69, 9.17) is 4.74 Å². The molecule has 1 atom stereocenters. The van der Waals surface area contributed by atoms with Gasteiger partial charge in [0.15, 0.2) is 0 Å². The normalized spacial score (nSPS) is 25.8. The van der Waals surface area contributed by atoms with Crippen molar-refractivity contribution in [1.82, 2.24) is 0 Å². The molecule has 1 aliphatic carbocycles. The second-order valence-electron chi connectivity index (χ2n) is 5.00. The molecule has 3 heteroatoms. The Morgan fingerprint density at radius 3 is 2.81 bits per heavy atom. The van der Waals surface area contributed by atoms with Crippen molar-refractivity contribution in [2.75, 3.05) is 0 Å². The summed E-state index contributed by atoms with van der Waals surface area (Å²) in [7, 11) is 0. The number of benzene rings is 1. The Morgan fingerprint density at radius 2 is 2.19 bits per heavy atom. The Morgan fingerprint density at radius 1 is 1.44 bits per heavy atom. The van der Waals surface area contributed by atoms with Crippen LogP contribution >= 0.6 is 15.9 Å². The minimum Gasteiger partial charge on any atom is -0.487 e. The Bertz CT molecular complexity index is 438. The summed E-state index contributed by atoms with van der Waals surface area (Å²) in [5, 5.41) is 10.2. The number of aryl methyl sites for hydroxylation is 1. The first-order valence-corrected chi connectivity index (χ1v) is 6.56. The summed E-state index contributed by atoms with van der Waals surface area (Å²) in [6.07, 6.45) is 3.76. The highest BCUT2D eigenvalue weighted by Crippen LogP contribution is 2.49. The van der Waals surface area contributed by atoms with E-state index in [-0.39, 0.29) is 11.7 Å². The second kappa shape index (κ2) is 3.47. The molecule has 1 aromatic carbocycles. The van der Waals surface area contributed by atoms with E-state index in [1.807, 2.05) is 19.1 Å². The van der Waals surface area contributed by atoms with Gasteiger partial charge in [-0.1, -0.05) is 15.9 Å². The first-order chi connectivity index (χ1) is 7.60. The van der Waals surface area contributed by atoms with Crippen LogP contribution in [-0.4, -0.2) is 10.7 Å². The van der Waals surface area contributed by atoms with E-state index >= 15 is 0 Å². The van der Waals surface area contributed by atoms with Crippen molar-refractivity contribution >= 4 is 15.9 Å². The predicted octanol–water partition coefficient (Wildman–Crippen LogP) is 3.50. The first kappa shape index (κ1) is 10.6. The molecule has 1 unspecified atom stereocenters. The predicted molar refractivity (Wildman–Crippen MR) is 65.7 cm³/mol. The van der Waals surface area contributed by atoms with Crippen LogP contribution in [0.4, 0.5) is 0 Å². The highest BCUT2D eigenvalue weighted by Gasteiger charge is 2.45. The Hall–Kier alpha value is -0.540. The quantitative estimate of drug-likeness (QED) is 0.789. The third-order valence-electron chi connectivity index (χ3n) is 3.81. The Balaban J connectivity index is 2.04. The van der Waals surface area contributed by atoms with Crippen molar-refractivity contribution in [3.63, 3.8) is 0 Å². The first-order valence-electron chi connectivity index (χ1n) is 5.77. The smallest absolute Gasteiger partial charge is 0.126 e. The number of halogens is 1. The number of hydrogen-bond acceptors (Lipinski definition) is 2. The molecular weight excluding hydrogens is 268 g/mol. The van der Waals surface area contributed by atoms with Crippen molar-refractivity contribution in [1.29, 1.82) is 0 Å². The van der Waals surface area contributed by atoms with E-state index < -0.39 is 0 Å². The molecular formula is C13H15BrO2. The van der Waals surface area contributed by atoms with Crippen molar-refractivity contribution in [3.05, 3.63) is 27.7 Å². The largest absolute Gasteiger partial charge is 0.487 e. The van der Waals surface area contributed by atoms with E-state index in [9.17, 15) is 5.11 Å². The molecule has 0 bridgehead atoms.